The van der Waals surface area contributed by atoms with E-state index in [-0.39, 0.29) is 0 Å². The van der Waals surface area contributed by atoms with Crippen molar-refractivity contribution in [2.75, 3.05) is 36.3 Å². The summed E-state index contributed by atoms with van der Waals surface area (Å²) in [7, 11) is -3.52. The number of anilines is 2. The molecule has 2 aromatic carbocycles. The van der Waals surface area contributed by atoms with Gasteiger partial charge in [-0.05, 0) is 60.7 Å². The van der Waals surface area contributed by atoms with E-state index in [0.29, 0.717) is 37.7 Å². The first kappa shape index (κ1) is 23.4. The molecule has 0 atom stereocenters. The monoisotopic (exact) mass is 486 g/mol. The van der Waals surface area contributed by atoms with Gasteiger partial charge in [0.1, 0.15) is 11.6 Å². The number of benzene rings is 2. The molecule has 1 aliphatic heterocycles. The van der Waals surface area contributed by atoms with E-state index in [4.69, 9.17) is 22.1 Å². The molecule has 0 aliphatic carbocycles. The quantitative estimate of drug-likeness (QED) is 0.446. The first-order valence-corrected chi connectivity index (χ1v) is 12.7. The van der Waals surface area contributed by atoms with Gasteiger partial charge in [0.2, 0.25) is 0 Å². The van der Waals surface area contributed by atoms with Gasteiger partial charge >= 0.3 is 10.2 Å². The maximum absolute atomic E-state index is 12.8. The van der Waals surface area contributed by atoms with Crippen LogP contribution >= 0.6 is 11.6 Å². The molecular formula is C24H27ClN4O3S. The average molecular weight is 487 g/mol. The van der Waals surface area contributed by atoms with Crippen LogP contribution in [0, 0.1) is 0 Å². The SMILES string of the molecule is Nc1cc(N2CCN(CCCCCOc3ccc(-c4ccc(Cl)cc4)cc3)S2(=O)=O)ccn1. The highest BCUT2D eigenvalue weighted by molar-refractivity contribution is 7.90. The van der Waals surface area contributed by atoms with E-state index in [1.807, 2.05) is 48.5 Å². The summed E-state index contributed by atoms with van der Waals surface area (Å²) in [5, 5.41) is 0.720. The van der Waals surface area contributed by atoms with E-state index in [9.17, 15) is 8.42 Å². The lowest BCUT2D eigenvalue weighted by atomic mass is 10.1. The van der Waals surface area contributed by atoms with Gasteiger partial charge in [0.15, 0.2) is 0 Å². The molecule has 1 fully saturated rings. The maximum atomic E-state index is 12.8. The van der Waals surface area contributed by atoms with E-state index in [1.54, 1.807) is 12.1 Å². The topological polar surface area (TPSA) is 88.8 Å². The predicted octanol–water partition coefficient (Wildman–Crippen LogP) is 4.60. The molecule has 0 saturated carbocycles. The van der Waals surface area contributed by atoms with Crippen LogP contribution in [-0.2, 0) is 10.2 Å². The molecule has 1 saturated heterocycles. The summed E-state index contributed by atoms with van der Waals surface area (Å²) in [5.41, 5.74) is 8.46. The molecule has 0 unspecified atom stereocenters. The van der Waals surface area contributed by atoms with Crippen LogP contribution in [0.15, 0.2) is 66.9 Å². The normalized spacial score (nSPS) is 15.6. The Kier molecular flexibility index (Phi) is 7.37. The minimum absolute atomic E-state index is 0.306. The second-order valence-electron chi connectivity index (χ2n) is 7.86. The first-order valence-electron chi connectivity index (χ1n) is 10.9. The zero-order valence-electron chi connectivity index (χ0n) is 18.2. The average Bonchev–Trinajstić information content (AvgIpc) is 3.11. The van der Waals surface area contributed by atoms with Crippen LogP contribution in [0.25, 0.3) is 11.1 Å². The number of ether oxygens (including phenoxy) is 1. The van der Waals surface area contributed by atoms with E-state index in [0.717, 1.165) is 41.2 Å². The Balaban J connectivity index is 1.18. The van der Waals surface area contributed by atoms with Crippen LogP contribution in [-0.4, -0.2) is 43.9 Å². The number of halogens is 1. The third kappa shape index (κ3) is 5.76. The molecule has 3 aromatic rings. The van der Waals surface area contributed by atoms with Crippen LogP contribution in [0.1, 0.15) is 19.3 Å². The molecule has 1 aliphatic rings. The van der Waals surface area contributed by atoms with Gasteiger partial charge in [-0.1, -0.05) is 35.9 Å². The number of nitrogen functional groups attached to an aromatic ring is 1. The van der Waals surface area contributed by atoms with Crippen molar-refractivity contribution in [1.82, 2.24) is 9.29 Å². The number of nitrogens with two attached hydrogens (primary N) is 1. The van der Waals surface area contributed by atoms with Crippen molar-refractivity contribution in [3.05, 3.63) is 71.9 Å². The highest BCUT2D eigenvalue weighted by Crippen LogP contribution is 2.26. The zero-order valence-corrected chi connectivity index (χ0v) is 19.8. The highest BCUT2D eigenvalue weighted by atomic mass is 35.5. The lowest BCUT2D eigenvalue weighted by Crippen LogP contribution is -2.33. The Morgan fingerprint density at radius 1 is 0.939 bits per heavy atom. The summed E-state index contributed by atoms with van der Waals surface area (Å²) in [5.74, 6) is 1.13. The maximum Gasteiger partial charge on any atom is 0.304 e. The fourth-order valence-corrected chi connectivity index (χ4v) is 5.57. The third-order valence-electron chi connectivity index (χ3n) is 5.56. The molecule has 9 heteroatoms. The molecule has 0 radical (unpaired) electrons. The van der Waals surface area contributed by atoms with Crippen LogP contribution in [0.2, 0.25) is 5.02 Å². The van der Waals surface area contributed by atoms with Gasteiger partial charge in [-0.15, -0.1) is 0 Å². The Morgan fingerprint density at radius 3 is 2.33 bits per heavy atom. The Morgan fingerprint density at radius 2 is 1.64 bits per heavy atom. The lowest BCUT2D eigenvalue weighted by molar-refractivity contribution is 0.302. The molecular weight excluding hydrogens is 460 g/mol. The molecule has 2 N–H and O–H groups in total. The van der Waals surface area contributed by atoms with Gasteiger partial charge < -0.3 is 10.5 Å². The van der Waals surface area contributed by atoms with Gasteiger partial charge in [0.25, 0.3) is 0 Å². The molecule has 0 bridgehead atoms. The first-order chi connectivity index (χ1) is 15.9. The van der Waals surface area contributed by atoms with E-state index in [1.165, 1.54) is 14.8 Å². The summed E-state index contributed by atoms with van der Waals surface area (Å²) >= 11 is 5.94. The minimum Gasteiger partial charge on any atom is -0.494 e. The summed E-state index contributed by atoms with van der Waals surface area (Å²) in [6, 6.07) is 19.0. The molecule has 0 amide bonds. The van der Waals surface area contributed by atoms with E-state index >= 15 is 0 Å². The summed E-state index contributed by atoms with van der Waals surface area (Å²) in [4.78, 5) is 3.93. The number of unbranched alkanes of at least 4 members (excludes halogenated alkanes) is 2. The summed E-state index contributed by atoms with van der Waals surface area (Å²) < 4.78 is 34.4. The second kappa shape index (κ2) is 10.4. The minimum atomic E-state index is -3.52. The number of nitrogens with zero attached hydrogens (tertiary/aromatic N) is 3. The zero-order chi connectivity index (χ0) is 23.3. The van der Waals surface area contributed by atoms with Crippen LogP contribution in [0.5, 0.6) is 5.75 Å². The molecule has 33 heavy (non-hydrogen) atoms. The standard InChI is InChI=1S/C24H27ClN4O3S/c25-21-8-4-19(5-9-21)20-6-10-23(11-7-20)32-17-3-1-2-14-28-15-16-29(33(28,30)31)22-12-13-27-24(26)18-22/h4-13,18H,1-3,14-17H2,(H2,26,27). The largest absolute Gasteiger partial charge is 0.494 e. The van der Waals surface area contributed by atoms with Crippen LogP contribution < -0.4 is 14.8 Å². The Labute approximate surface area is 199 Å². The van der Waals surface area contributed by atoms with Crippen molar-refractivity contribution < 1.29 is 13.2 Å². The number of aromatic nitrogens is 1. The van der Waals surface area contributed by atoms with Crippen molar-refractivity contribution in [2.24, 2.45) is 0 Å². The molecule has 4 rings (SSSR count). The third-order valence-corrected chi connectivity index (χ3v) is 7.78. The van der Waals surface area contributed by atoms with Crippen LogP contribution in [0.3, 0.4) is 0 Å². The van der Waals surface area contributed by atoms with Gasteiger partial charge in [0, 0.05) is 36.9 Å². The van der Waals surface area contributed by atoms with Gasteiger partial charge in [-0.2, -0.15) is 12.7 Å². The van der Waals surface area contributed by atoms with Crippen LogP contribution in [0.4, 0.5) is 11.5 Å². The van der Waals surface area contributed by atoms with E-state index < -0.39 is 10.2 Å². The highest BCUT2D eigenvalue weighted by Gasteiger charge is 2.36. The van der Waals surface area contributed by atoms with Gasteiger partial charge in [0.05, 0.1) is 12.3 Å². The fraction of sp³-hybridized carbons (Fsp3) is 0.292. The number of hydrogen-bond donors (Lipinski definition) is 1. The van der Waals surface area contributed by atoms with Gasteiger partial charge in [-0.3, -0.25) is 4.31 Å². The second-order valence-corrected chi connectivity index (χ2v) is 10.1. The molecule has 174 valence electrons. The number of rotatable bonds is 9. The number of pyridine rings is 1. The number of hydrogen-bond acceptors (Lipinski definition) is 5. The Bertz CT molecular complexity index is 1170. The molecule has 0 spiro atoms. The predicted molar refractivity (Wildman–Crippen MR) is 133 cm³/mol. The van der Waals surface area contributed by atoms with Crippen molar-refractivity contribution >= 4 is 33.3 Å². The molecule has 1 aromatic heterocycles. The van der Waals surface area contributed by atoms with Crippen molar-refractivity contribution in [3.8, 4) is 16.9 Å². The van der Waals surface area contributed by atoms with Gasteiger partial charge in [-0.25, -0.2) is 4.98 Å². The smallest absolute Gasteiger partial charge is 0.304 e. The lowest BCUT2D eigenvalue weighted by Gasteiger charge is -2.20. The summed E-state index contributed by atoms with van der Waals surface area (Å²) in [6.45, 7) is 1.98. The van der Waals surface area contributed by atoms with Crippen molar-refractivity contribution in [2.45, 2.75) is 19.3 Å². The Hall–Kier alpha value is -2.81. The summed E-state index contributed by atoms with van der Waals surface area (Å²) in [6.07, 6.45) is 4.05. The van der Waals surface area contributed by atoms with Crippen molar-refractivity contribution in [1.29, 1.82) is 0 Å². The van der Waals surface area contributed by atoms with Crippen molar-refractivity contribution in [3.63, 3.8) is 0 Å². The van der Waals surface area contributed by atoms with E-state index in [2.05, 4.69) is 4.98 Å². The molecule has 7 nitrogen and oxygen atoms in total. The fourth-order valence-electron chi connectivity index (χ4n) is 3.80. The molecule has 2 heterocycles.